The van der Waals surface area contributed by atoms with Crippen LogP contribution < -0.4 is 0 Å². The van der Waals surface area contributed by atoms with Crippen molar-refractivity contribution < 1.29 is 25.0 Å². The molecule has 8 heteroatoms. The van der Waals surface area contributed by atoms with Crippen LogP contribution in [0, 0.1) is 6.57 Å². The Morgan fingerprint density at radius 1 is 1.36 bits per heavy atom. The van der Waals surface area contributed by atoms with E-state index in [9.17, 15) is 0 Å². The molecule has 0 radical (unpaired) electrons. The van der Waals surface area contributed by atoms with E-state index in [1.54, 1.807) is 7.11 Å². The van der Waals surface area contributed by atoms with Gasteiger partial charge in [0.25, 0.3) is 8.53 Å². The topological polar surface area (TPSA) is 64.8 Å². The van der Waals surface area contributed by atoms with Gasteiger partial charge in [0, 0.05) is 27.7 Å². The maximum atomic E-state index is 7.73. The first-order valence-electron chi connectivity index (χ1n) is 9.58. The van der Waals surface area contributed by atoms with Crippen LogP contribution in [-0.4, -0.2) is 75.1 Å². The van der Waals surface area contributed by atoms with Crippen LogP contribution in [0.25, 0.3) is 4.85 Å². The summed E-state index contributed by atoms with van der Waals surface area (Å²) in [4.78, 5) is 3.34. The predicted molar refractivity (Wildman–Crippen MR) is 100 cm³/mol. The molecule has 1 fully saturated rings. The molecule has 0 aliphatic carbocycles. The van der Waals surface area contributed by atoms with Gasteiger partial charge in [0.15, 0.2) is 0 Å². The second-order valence-electron chi connectivity index (χ2n) is 6.17. The van der Waals surface area contributed by atoms with Gasteiger partial charge >= 0.3 is 0 Å². The molecular weight excluding hydrogens is 343 g/mol. The van der Waals surface area contributed by atoms with E-state index in [-0.39, 0.29) is 43.4 Å². The van der Waals surface area contributed by atoms with Crippen LogP contribution in [-0.2, 0) is 18.5 Å². The van der Waals surface area contributed by atoms with Crippen molar-refractivity contribution in [1.82, 2.24) is 4.67 Å². The van der Waals surface area contributed by atoms with E-state index in [4.69, 9.17) is 27.9 Å². The standard InChI is InChI=1S/C16H31N2O4P.CH4O/c1-11(2)18(12(3)4)23(20-10-9-17-7)22-16-14(6)21-13(5)15(16)19-8;1-2/h11-16H,9-10H2,1-6,8H3;2H,1H3/t13-,14+,15?,16-,23?;/m0./s1/i6D;2T. The molecule has 1 aliphatic heterocycles. The lowest BCUT2D eigenvalue weighted by atomic mass is 10.1. The summed E-state index contributed by atoms with van der Waals surface area (Å²) in [6.45, 7) is 18.0. The van der Waals surface area contributed by atoms with Gasteiger partial charge < -0.3 is 28.5 Å². The minimum atomic E-state index is -1.36. The average molecular weight is 381 g/mol. The van der Waals surface area contributed by atoms with Crippen molar-refractivity contribution in [3.8, 4) is 0 Å². The molecule has 0 aromatic carbocycles. The maximum Gasteiger partial charge on any atom is 0.259 e. The summed E-state index contributed by atoms with van der Waals surface area (Å²) < 4.78 is 39.2. The Labute approximate surface area is 157 Å². The number of hydrogen-bond acceptors (Lipinski definition) is 6. The predicted octanol–water partition coefficient (Wildman–Crippen LogP) is 3.08. The molecule has 0 spiro atoms. The van der Waals surface area contributed by atoms with Gasteiger partial charge in [0.1, 0.15) is 18.8 Å². The van der Waals surface area contributed by atoms with E-state index >= 15 is 0 Å². The van der Waals surface area contributed by atoms with Crippen LogP contribution in [0.3, 0.4) is 0 Å². The number of hydrogen-bond donors (Lipinski definition) is 1. The second kappa shape index (κ2) is 12.9. The summed E-state index contributed by atoms with van der Waals surface area (Å²) in [6, 6.07) is 0.471. The van der Waals surface area contributed by atoms with E-state index < -0.39 is 8.53 Å². The molecule has 148 valence electrons. The third-order valence-electron chi connectivity index (χ3n) is 3.68. The van der Waals surface area contributed by atoms with Crippen molar-refractivity contribution in [1.29, 1.82) is 1.43 Å². The lowest BCUT2D eigenvalue weighted by Crippen LogP contribution is -2.39. The van der Waals surface area contributed by atoms with Gasteiger partial charge in [-0.2, -0.15) is 0 Å². The molecule has 1 aliphatic rings. The van der Waals surface area contributed by atoms with Crippen LogP contribution >= 0.6 is 8.53 Å². The smallest absolute Gasteiger partial charge is 0.259 e. The molecule has 0 aromatic heterocycles. The van der Waals surface area contributed by atoms with Crippen LogP contribution in [0.15, 0.2) is 0 Å². The van der Waals surface area contributed by atoms with E-state index in [0.717, 1.165) is 0 Å². The number of aliphatic hydroxyl groups is 1. The molecule has 0 bridgehead atoms. The minimum absolute atomic E-state index is 0.115. The Bertz CT molecular complexity index is 421. The molecule has 25 heavy (non-hydrogen) atoms. The van der Waals surface area contributed by atoms with Crippen LogP contribution in [0.2, 0.25) is 0 Å². The Balaban J connectivity index is 0.00000210. The first-order valence-corrected chi connectivity index (χ1v) is 9.59. The monoisotopic (exact) mass is 381 g/mol. The van der Waals surface area contributed by atoms with Crippen molar-refractivity contribution in [2.24, 2.45) is 0 Å². The summed E-state index contributed by atoms with van der Waals surface area (Å²) in [5.74, 6) is 0. The fraction of sp³-hybridized carbons (Fsp3) is 0.941. The van der Waals surface area contributed by atoms with Gasteiger partial charge in [-0.05, 0) is 41.5 Å². The highest BCUT2D eigenvalue weighted by atomic mass is 31.2. The van der Waals surface area contributed by atoms with Crippen molar-refractivity contribution in [3.05, 3.63) is 11.4 Å². The van der Waals surface area contributed by atoms with Gasteiger partial charge in [-0.15, -0.1) is 0 Å². The summed E-state index contributed by atoms with van der Waals surface area (Å²) in [5, 5.41) is 3.50. The van der Waals surface area contributed by atoms with E-state index in [0.29, 0.717) is 13.2 Å². The lowest BCUT2D eigenvalue weighted by molar-refractivity contribution is -0.00106. The van der Waals surface area contributed by atoms with E-state index in [1.165, 1.54) is 7.11 Å². The Hall–Kier alpha value is -0.320. The summed E-state index contributed by atoms with van der Waals surface area (Å²) in [7, 11) is 1.57. The molecule has 0 amide bonds. The van der Waals surface area contributed by atoms with Crippen molar-refractivity contribution in [3.63, 3.8) is 0 Å². The van der Waals surface area contributed by atoms with Gasteiger partial charge in [0.2, 0.25) is 7.98 Å². The largest absolute Gasteiger partial charge is 0.400 e. The van der Waals surface area contributed by atoms with Gasteiger partial charge in [0.05, 0.1) is 12.2 Å². The highest BCUT2D eigenvalue weighted by molar-refractivity contribution is 7.44. The number of nitrogens with zero attached hydrogens (tertiary/aromatic N) is 2. The molecule has 1 saturated heterocycles. The fourth-order valence-electron chi connectivity index (χ4n) is 2.76. The molecule has 1 rings (SSSR count). The molecule has 0 aromatic rings. The zero-order valence-corrected chi connectivity index (χ0v) is 17.4. The van der Waals surface area contributed by atoms with Crippen LogP contribution in [0.4, 0.5) is 0 Å². The first-order chi connectivity index (χ1) is 12.8. The van der Waals surface area contributed by atoms with E-state index in [2.05, 4.69) is 42.3 Å². The number of rotatable bonds is 9. The van der Waals surface area contributed by atoms with Crippen molar-refractivity contribution >= 4 is 8.53 Å². The van der Waals surface area contributed by atoms with Crippen molar-refractivity contribution in [2.45, 2.75) is 78.0 Å². The highest BCUT2D eigenvalue weighted by Crippen LogP contribution is 2.49. The van der Waals surface area contributed by atoms with Crippen LogP contribution in [0.1, 0.15) is 42.9 Å². The highest BCUT2D eigenvalue weighted by Gasteiger charge is 2.44. The third-order valence-corrected chi connectivity index (χ3v) is 5.81. The normalized spacial score (nSPS) is 28.4. The molecule has 1 N–H and O–H groups in total. The quantitative estimate of drug-likeness (QED) is 0.376. The fourth-order valence-corrected chi connectivity index (χ4v) is 4.52. The zero-order valence-electron chi connectivity index (χ0n) is 18.5. The van der Waals surface area contributed by atoms with Crippen LogP contribution in [0.5, 0.6) is 0 Å². The average Bonchev–Trinajstić information content (AvgIpc) is 2.89. The number of aliphatic hydroxyl groups excluding tert-OH is 1. The number of ether oxygens (including phenoxy) is 2. The Morgan fingerprint density at radius 2 is 1.96 bits per heavy atom. The number of methoxy groups -OCH3 is 1. The van der Waals surface area contributed by atoms with Gasteiger partial charge in [-0.1, -0.05) is 0 Å². The van der Waals surface area contributed by atoms with Crippen molar-refractivity contribution in [2.75, 3.05) is 27.4 Å². The Kier molecular flexibility index (Phi) is 10.9. The first kappa shape index (κ1) is 21.0. The summed E-state index contributed by atoms with van der Waals surface area (Å²) >= 11 is 0. The third kappa shape index (κ3) is 7.44. The SMILES string of the molecule is [2H]C[C@H]1O[C@@H](C)C(OC)[C@H]1OP(OCC[N+]#[C-])N(C(C)C)C(C)C.[3H]OC. The van der Waals surface area contributed by atoms with Gasteiger partial charge in [-0.3, -0.25) is 0 Å². The summed E-state index contributed by atoms with van der Waals surface area (Å²) in [5.41, 5.74) is 0. The molecule has 0 saturated carbocycles. The molecule has 2 unspecified atom stereocenters. The summed E-state index contributed by atoms with van der Waals surface area (Å²) in [6.07, 6.45) is -1.03. The lowest BCUT2D eigenvalue weighted by Gasteiger charge is -2.37. The molecular formula is C17H35N2O5P. The molecule has 1 heterocycles. The second-order valence-corrected chi connectivity index (χ2v) is 7.58. The Morgan fingerprint density at radius 3 is 2.40 bits per heavy atom. The zero-order chi connectivity index (χ0) is 21.0. The maximum absolute atomic E-state index is 7.73. The van der Waals surface area contributed by atoms with Gasteiger partial charge in [-0.25, -0.2) is 11.2 Å². The molecule has 5 atom stereocenters. The van der Waals surface area contributed by atoms with E-state index in [1.807, 2.05) is 6.92 Å². The minimum Gasteiger partial charge on any atom is -0.400 e. The molecule has 7 nitrogen and oxygen atoms in total.